The van der Waals surface area contributed by atoms with E-state index in [4.69, 9.17) is 4.74 Å². The third-order valence-corrected chi connectivity index (χ3v) is 4.62. The molecule has 0 atom stereocenters. The first kappa shape index (κ1) is 19.0. The molecule has 0 aromatic heterocycles. The van der Waals surface area contributed by atoms with Crippen molar-refractivity contribution in [2.24, 2.45) is 0 Å². The Hall–Kier alpha value is -2.82. The number of nitrogens with one attached hydrogen (secondary N) is 1. The maximum absolute atomic E-state index is 12.9. The van der Waals surface area contributed by atoms with Crippen molar-refractivity contribution in [3.8, 4) is 5.75 Å². The van der Waals surface area contributed by atoms with Gasteiger partial charge in [-0.1, -0.05) is 25.1 Å². The summed E-state index contributed by atoms with van der Waals surface area (Å²) < 4.78 is 5.60. The van der Waals surface area contributed by atoms with Gasteiger partial charge in [0.15, 0.2) is 0 Å². The number of hydrogen-bond acceptors (Lipinski definition) is 3. The van der Waals surface area contributed by atoms with E-state index in [-0.39, 0.29) is 11.8 Å². The summed E-state index contributed by atoms with van der Waals surface area (Å²) >= 11 is 0. The highest BCUT2D eigenvalue weighted by Gasteiger charge is 2.21. The van der Waals surface area contributed by atoms with Crippen molar-refractivity contribution < 1.29 is 14.3 Å². The highest BCUT2D eigenvalue weighted by Crippen LogP contribution is 2.21. The largest absolute Gasteiger partial charge is 0.494 e. The van der Waals surface area contributed by atoms with Crippen molar-refractivity contribution in [1.29, 1.82) is 0 Å². The van der Waals surface area contributed by atoms with Crippen LogP contribution in [-0.2, 0) is 0 Å². The van der Waals surface area contributed by atoms with Gasteiger partial charge in [0.2, 0.25) is 0 Å². The van der Waals surface area contributed by atoms with Crippen LogP contribution in [0.1, 0.15) is 53.3 Å². The smallest absolute Gasteiger partial charge is 0.255 e. The average molecular weight is 366 g/mol. The van der Waals surface area contributed by atoms with Crippen LogP contribution in [0.5, 0.6) is 5.75 Å². The predicted octanol–water partition coefficient (Wildman–Crippen LogP) is 4.35. The molecule has 0 bridgehead atoms. The molecule has 3 rings (SSSR count). The number of rotatable bonds is 6. The number of anilines is 1. The van der Waals surface area contributed by atoms with E-state index in [0.29, 0.717) is 29.2 Å². The molecule has 0 saturated carbocycles. The van der Waals surface area contributed by atoms with E-state index in [1.807, 2.05) is 30.0 Å². The number of amides is 2. The molecule has 142 valence electrons. The van der Waals surface area contributed by atoms with Crippen molar-refractivity contribution in [2.45, 2.75) is 32.6 Å². The van der Waals surface area contributed by atoms with E-state index in [2.05, 4.69) is 5.32 Å². The minimum absolute atomic E-state index is 0.0226. The van der Waals surface area contributed by atoms with Crippen LogP contribution in [0, 0.1) is 0 Å². The lowest BCUT2D eigenvalue weighted by atomic mass is 10.1. The van der Waals surface area contributed by atoms with Crippen molar-refractivity contribution in [3.63, 3.8) is 0 Å². The maximum Gasteiger partial charge on any atom is 0.255 e. The Bertz CT molecular complexity index is 798. The maximum atomic E-state index is 12.9. The molecule has 0 spiro atoms. The number of ether oxygens (including phenoxy) is 1. The van der Waals surface area contributed by atoms with E-state index in [0.717, 1.165) is 32.4 Å². The van der Waals surface area contributed by atoms with Gasteiger partial charge in [-0.15, -0.1) is 0 Å². The normalized spacial score (nSPS) is 13.9. The molecule has 1 heterocycles. The van der Waals surface area contributed by atoms with Crippen molar-refractivity contribution in [3.05, 3.63) is 59.7 Å². The van der Waals surface area contributed by atoms with Gasteiger partial charge in [-0.3, -0.25) is 9.59 Å². The number of carbonyl (C=O) groups excluding carboxylic acids is 2. The van der Waals surface area contributed by atoms with Gasteiger partial charge < -0.3 is 15.0 Å². The Morgan fingerprint density at radius 3 is 2.59 bits per heavy atom. The molecule has 1 fully saturated rings. The summed E-state index contributed by atoms with van der Waals surface area (Å²) in [5.41, 5.74) is 1.58. The van der Waals surface area contributed by atoms with Gasteiger partial charge in [0.25, 0.3) is 11.8 Å². The summed E-state index contributed by atoms with van der Waals surface area (Å²) in [6, 6.07) is 14.3. The van der Waals surface area contributed by atoms with Crippen LogP contribution in [0.2, 0.25) is 0 Å². The second kappa shape index (κ2) is 9.21. The van der Waals surface area contributed by atoms with Gasteiger partial charge in [0.05, 0.1) is 17.9 Å². The number of likely N-dealkylation sites (tertiary alicyclic amines) is 1. The number of hydrogen-bond donors (Lipinski definition) is 1. The molecule has 0 unspecified atom stereocenters. The van der Waals surface area contributed by atoms with E-state index < -0.39 is 0 Å². The molecule has 1 aliphatic heterocycles. The fraction of sp³-hybridized carbons (Fsp3) is 0.364. The summed E-state index contributed by atoms with van der Waals surface area (Å²) in [5, 5.41) is 2.89. The number of benzene rings is 2. The van der Waals surface area contributed by atoms with E-state index in [1.165, 1.54) is 6.42 Å². The zero-order valence-corrected chi connectivity index (χ0v) is 15.7. The fourth-order valence-corrected chi connectivity index (χ4v) is 3.19. The van der Waals surface area contributed by atoms with E-state index >= 15 is 0 Å². The average Bonchev–Trinajstić information content (AvgIpc) is 2.73. The molecule has 27 heavy (non-hydrogen) atoms. The Morgan fingerprint density at radius 1 is 1.04 bits per heavy atom. The Kier molecular flexibility index (Phi) is 6.47. The van der Waals surface area contributed by atoms with Crippen LogP contribution < -0.4 is 10.1 Å². The first-order chi connectivity index (χ1) is 13.2. The molecule has 5 heteroatoms. The summed E-state index contributed by atoms with van der Waals surface area (Å²) in [5.74, 6) is 0.392. The molecule has 1 saturated heterocycles. The van der Waals surface area contributed by atoms with Gasteiger partial charge >= 0.3 is 0 Å². The van der Waals surface area contributed by atoms with Crippen molar-refractivity contribution in [2.75, 3.05) is 25.0 Å². The number of para-hydroxylation sites is 1. The summed E-state index contributed by atoms with van der Waals surface area (Å²) in [7, 11) is 0. The van der Waals surface area contributed by atoms with Crippen molar-refractivity contribution in [1.82, 2.24) is 4.90 Å². The standard InChI is InChI=1S/C22H26N2O3/c1-2-15-27-18-10-8-9-17(16-18)21(25)23-20-12-5-4-11-19(20)22(26)24-13-6-3-7-14-24/h4-5,8-12,16H,2-3,6-7,13-15H2,1H3,(H,23,25). The first-order valence-corrected chi connectivity index (χ1v) is 9.61. The lowest BCUT2D eigenvalue weighted by molar-refractivity contribution is 0.0725. The highest BCUT2D eigenvalue weighted by molar-refractivity contribution is 6.09. The predicted molar refractivity (Wildman–Crippen MR) is 106 cm³/mol. The molecule has 0 aliphatic carbocycles. The van der Waals surface area contributed by atoms with Crippen molar-refractivity contribution >= 4 is 17.5 Å². The van der Waals surface area contributed by atoms with E-state index in [1.54, 1.807) is 30.3 Å². The van der Waals surface area contributed by atoms with Crippen LogP contribution in [0.25, 0.3) is 0 Å². The third kappa shape index (κ3) is 4.88. The van der Waals surface area contributed by atoms with Crippen LogP contribution in [0.3, 0.4) is 0 Å². The monoisotopic (exact) mass is 366 g/mol. The SMILES string of the molecule is CCCOc1cccc(C(=O)Nc2ccccc2C(=O)N2CCCCC2)c1. The zero-order chi connectivity index (χ0) is 19.1. The molecule has 2 aromatic rings. The number of nitrogens with zero attached hydrogens (tertiary/aromatic N) is 1. The summed E-state index contributed by atoms with van der Waals surface area (Å²) in [6.45, 7) is 4.20. The number of carbonyl (C=O) groups is 2. The second-order valence-corrected chi connectivity index (χ2v) is 6.73. The Morgan fingerprint density at radius 2 is 1.81 bits per heavy atom. The van der Waals surface area contributed by atoms with E-state index in [9.17, 15) is 9.59 Å². The fourth-order valence-electron chi connectivity index (χ4n) is 3.19. The molecule has 2 aromatic carbocycles. The van der Waals surface area contributed by atoms with Crippen LogP contribution >= 0.6 is 0 Å². The first-order valence-electron chi connectivity index (χ1n) is 9.61. The van der Waals surface area contributed by atoms with Gasteiger partial charge in [-0.2, -0.15) is 0 Å². The molecule has 2 amide bonds. The minimum Gasteiger partial charge on any atom is -0.494 e. The highest BCUT2D eigenvalue weighted by atomic mass is 16.5. The van der Waals surface area contributed by atoms with Gasteiger partial charge in [-0.25, -0.2) is 0 Å². The number of piperidine rings is 1. The molecule has 0 radical (unpaired) electrons. The minimum atomic E-state index is -0.254. The Balaban J connectivity index is 1.75. The molecule has 5 nitrogen and oxygen atoms in total. The van der Waals surface area contributed by atoms with Gasteiger partial charge in [0, 0.05) is 18.7 Å². The lowest BCUT2D eigenvalue weighted by Gasteiger charge is -2.27. The summed E-state index contributed by atoms with van der Waals surface area (Å²) in [4.78, 5) is 27.4. The van der Waals surface area contributed by atoms with Crippen LogP contribution in [-0.4, -0.2) is 36.4 Å². The molecular weight excluding hydrogens is 340 g/mol. The quantitative estimate of drug-likeness (QED) is 0.827. The zero-order valence-electron chi connectivity index (χ0n) is 15.7. The Labute approximate surface area is 160 Å². The van der Waals surface area contributed by atoms with Gasteiger partial charge in [-0.05, 0) is 56.0 Å². The van der Waals surface area contributed by atoms with Crippen LogP contribution in [0.15, 0.2) is 48.5 Å². The molecular formula is C22H26N2O3. The molecule has 1 N–H and O–H groups in total. The van der Waals surface area contributed by atoms with Gasteiger partial charge in [0.1, 0.15) is 5.75 Å². The third-order valence-electron chi connectivity index (χ3n) is 4.62. The van der Waals surface area contributed by atoms with Crippen LogP contribution in [0.4, 0.5) is 5.69 Å². The molecule has 1 aliphatic rings. The topological polar surface area (TPSA) is 58.6 Å². The lowest BCUT2D eigenvalue weighted by Crippen LogP contribution is -2.36. The summed E-state index contributed by atoms with van der Waals surface area (Å²) in [6.07, 6.45) is 4.14. The second-order valence-electron chi connectivity index (χ2n) is 6.73.